The number of hydrogen-bond acceptors (Lipinski definition) is 4. The summed E-state index contributed by atoms with van der Waals surface area (Å²) in [5.41, 5.74) is 1.07. The number of nitrogens with zero attached hydrogens (tertiary/aromatic N) is 2. The largest absolute Gasteiger partial charge is 0.481 e. The molecule has 0 amide bonds. The van der Waals surface area contributed by atoms with Crippen LogP contribution in [0.3, 0.4) is 0 Å². The second-order valence-corrected chi connectivity index (χ2v) is 2.87. The van der Waals surface area contributed by atoms with Crippen LogP contribution in [0.2, 0.25) is 0 Å². The highest BCUT2D eigenvalue weighted by Gasteiger charge is 2.05. The van der Waals surface area contributed by atoms with Gasteiger partial charge in [-0.05, 0) is 6.07 Å². The van der Waals surface area contributed by atoms with Crippen molar-refractivity contribution in [2.24, 2.45) is 0 Å². The Morgan fingerprint density at radius 3 is 3.00 bits per heavy atom. The molecule has 0 aliphatic rings. The highest BCUT2D eigenvalue weighted by molar-refractivity contribution is 5.72. The lowest BCUT2D eigenvalue weighted by Crippen LogP contribution is -1.90. The van der Waals surface area contributed by atoms with Gasteiger partial charge in [-0.1, -0.05) is 6.07 Å². The van der Waals surface area contributed by atoms with Gasteiger partial charge in [0.2, 0.25) is 5.88 Å². The van der Waals surface area contributed by atoms with Crippen molar-refractivity contribution in [3.63, 3.8) is 0 Å². The molecule has 0 bridgehead atoms. The predicted octanol–water partition coefficient (Wildman–Crippen LogP) is 1.29. The number of ether oxygens (including phenoxy) is 1. The van der Waals surface area contributed by atoms with E-state index < -0.39 is 0 Å². The van der Waals surface area contributed by atoms with Crippen LogP contribution in [0.5, 0.6) is 5.88 Å². The zero-order valence-corrected chi connectivity index (χ0v) is 8.10. The summed E-state index contributed by atoms with van der Waals surface area (Å²) in [4.78, 5) is 21.5. The van der Waals surface area contributed by atoms with Gasteiger partial charge in [0.25, 0.3) is 0 Å². The van der Waals surface area contributed by atoms with Crippen LogP contribution in [-0.2, 0) is 0 Å². The number of carbonyl (C=O) groups is 1. The SMILES string of the molecule is COc1cccc(-c2ncc(C=O)[nH]2)n1. The molecule has 0 fully saturated rings. The predicted molar refractivity (Wildman–Crippen MR) is 53.8 cm³/mol. The molecule has 0 aromatic carbocycles. The number of hydrogen-bond donors (Lipinski definition) is 1. The Labute approximate surface area is 86.1 Å². The van der Waals surface area contributed by atoms with Gasteiger partial charge in [0.15, 0.2) is 12.1 Å². The molecular formula is C10H9N3O2. The molecule has 0 atom stereocenters. The summed E-state index contributed by atoms with van der Waals surface area (Å²) >= 11 is 0. The maximum Gasteiger partial charge on any atom is 0.213 e. The topological polar surface area (TPSA) is 67.9 Å². The van der Waals surface area contributed by atoms with Crippen molar-refractivity contribution < 1.29 is 9.53 Å². The molecule has 0 spiro atoms. The van der Waals surface area contributed by atoms with Crippen molar-refractivity contribution in [2.75, 3.05) is 7.11 Å². The number of imidazole rings is 1. The Kier molecular flexibility index (Phi) is 2.45. The molecule has 2 rings (SSSR count). The van der Waals surface area contributed by atoms with Gasteiger partial charge in [0.05, 0.1) is 19.0 Å². The second kappa shape index (κ2) is 3.91. The average Bonchev–Trinajstić information content (AvgIpc) is 2.78. The maximum absolute atomic E-state index is 10.5. The third-order valence-corrected chi connectivity index (χ3v) is 1.90. The summed E-state index contributed by atoms with van der Waals surface area (Å²) in [5.74, 6) is 1.06. The monoisotopic (exact) mass is 203 g/mol. The first-order valence-corrected chi connectivity index (χ1v) is 4.35. The molecule has 5 nitrogen and oxygen atoms in total. The molecular weight excluding hydrogens is 194 g/mol. The molecule has 0 aliphatic carbocycles. The lowest BCUT2D eigenvalue weighted by atomic mass is 10.3. The average molecular weight is 203 g/mol. The van der Waals surface area contributed by atoms with E-state index in [9.17, 15) is 4.79 Å². The summed E-state index contributed by atoms with van der Waals surface area (Å²) in [6, 6.07) is 5.34. The van der Waals surface area contributed by atoms with Crippen molar-refractivity contribution in [3.8, 4) is 17.4 Å². The molecule has 15 heavy (non-hydrogen) atoms. The van der Waals surface area contributed by atoms with Crippen LogP contribution in [0.15, 0.2) is 24.4 Å². The minimum atomic E-state index is 0.426. The van der Waals surface area contributed by atoms with Gasteiger partial charge in [-0.15, -0.1) is 0 Å². The van der Waals surface area contributed by atoms with E-state index in [1.807, 2.05) is 6.07 Å². The first kappa shape index (κ1) is 9.39. The van der Waals surface area contributed by atoms with Crippen LogP contribution in [0, 0.1) is 0 Å². The van der Waals surface area contributed by atoms with Crippen LogP contribution in [0.25, 0.3) is 11.5 Å². The lowest BCUT2D eigenvalue weighted by molar-refractivity contribution is 0.111. The van der Waals surface area contributed by atoms with E-state index in [1.165, 1.54) is 6.20 Å². The zero-order chi connectivity index (χ0) is 10.7. The molecule has 2 aromatic heterocycles. The molecule has 1 N–H and O–H groups in total. The molecule has 0 saturated heterocycles. The molecule has 0 saturated carbocycles. The molecule has 2 heterocycles. The number of pyridine rings is 1. The number of aldehydes is 1. The lowest BCUT2D eigenvalue weighted by Gasteiger charge is -1.99. The molecule has 0 radical (unpaired) electrons. The van der Waals surface area contributed by atoms with E-state index >= 15 is 0 Å². The first-order valence-electron chi connectivity index (χ1n) is 4.35. The Morgan fingerprint density at radius 1 is 1.47 bits per heavy atom. The fourth-order valence-electron chi connectivity index (χ4n) is 1.19. The van der Waals surface area contributed by atoms with E-state index in [4.69, 9.17) is 4.74 Å². The van der Waals surface area contributed by atoms with Crippen LogP contribution in [0.1, 0.15) is 10.5 Å². The fourth-order valence-corrected chi connectivity index (χ4v) is 1.19. The van der Waals surface area contributed by atoms with Gasteiger partial charge in [-0.25, -0.2) is 9.97 Å². The molecule has 2 aromatic rings. The number of nitrogens with one attached hydrogen (secondary N) is 1. The van der Waals surface area contributed by atoms with Crippen LogP contribution in [-0.4, -0.2) is 28.3 Å². The van der Waals surface area contributed by atoms with Crippen LogP contribution in [0.4, 0.5) is 0 Å². The van der Waals surface area contributed by atoms with Gasteiger partial charge in [0, 0.05) is 6.07 Å². The maximum atomic E-state index is 10.5. The summed E-state index contributed by atoms with van der Waals surface area (Å²) in [5, 5.41) is 0. The number of carbonyl (C=O) groups excluding carboxylic acids is 1. The Bertz CT molecular complexity index is 479. The van der Waals surface area contributed by atoms with Gasteiger partial charge < -0.3 is 9.72 Å². The van der Waals surface area contributed by atoms with Crippen molar-refractivity contribution in [2.45, 2.75) is 0 Å². The molecule has 5 heteroatoms. The van der Waals surface area contributed by atoms with Crippen LogP contribution < -0.4 is 4.74 Å². The third-order valence-electron chi connectivity index (χ3n) is 1.90. The van der Waals surface area contributed by atoms with Crippen LogP contribution >= 0.6 is 0 Å². The first-order chi connectivity index (χ1) is 7.33. The highest BCUT2D eigenvalue weighted by Crippen LogP contribution is 2.15. The van der Waals surface area contributed by atoms with E-state index in [0.29, 0.717) is 29.4 Å². The zero-order valence-electron chi connectivity index (χ0n) is 8.10. The third kappa shape index (κ3) is 1.85. The number of H-pyrrole nitrogens is 1. The quantitative estimate of drug-likeness (QED) is 0.763. The van der Waals surface area contributed by atoms with Crippen molar-refractivity contribution in [1.29, 1.82) is 0 Å². The number of aromatic amines is 1. The van der Waals surface area contributed by atoms with E-state index in [1.54, 1.807) is 19.2 Å². The van der Waals surface area contributed by atoms with Crippen molar-refractivity contribution in [1.82, 2.24) is 15.0 Å². The van der Waals surface area contributed by atoms with Gasteiger partial charge in [-0.2, -0.15) is 0 Å². The Hall–Kier alpha value is -2.17. The molecule has 0 unspecified atom stereocenters. The smallest absolute Gasteiger partial charge is 0.213 e. The van der Waals surface area contributed by atoms with Crippen molar-refractivity contribution in [3.05, 3.63) is 30.1 Å². The second-order valence-electron chi connectivity index (χ2n) is 2.87. The highest BCUT2D eigenvalue weighted by atomic mass is 16.5. The van der Waals surface area contributed by atoms with E-state index in [2.05, 4.69) is 15.0 Å². The van der Waals surface area contributed by atoms with Crippen molar-refractivity contribution >= 4 is 6.29 Å². The number of aromatic nitrogens is 3. The normalized spacial score (nSPS) is 9.93. The number of methoxy groups -OCH3 is 1. The van der Waals surface area contributed by atoms with Gasteiger partial charge in [-0.3, -0.25) is 4.79 Å². The molecule has 76 valence electrons. The van der Waals surface area contributed by atoms with Gasteiger partial charge in [0.1, 0.15) is 5.69 Å². The standard InChI is InChI=1S/C10H9N3O2/c1-15-9-4-2-3-8(13-9)10-11-5-7(6-14)12-10/h2-6H,1H3,(H,11,12). The molecule has 0 aliphatic heterocycles. The van der Waals surface area contributed by atoms with E-state index in [-0.39, 0.29) is 0 Å². The minimum Gasteiger partial charge on any atom is -0.481 e. The summed E-state index contributed by atoms with van der Waals surface area (Å²) < 4.78 is 4.99. The summed E-state index contributed by atoms with van der Waals surface area (Å²) in [6.07, 6.45) is 2.17. The Morgan fingerprint density at radius 2 is 2.33 bits per heavy atom. The Balaban J connectivity index is 2.39. The van der Waals surface area contributed by atoms with Gasteiger partial charge >= 0.3 is 0 Å². The summed E-state index contributed by atoms with van der Waals surface area (Å²) in [6.45, 7) is 0. The summed E-state index contributed by atoms with van der Waals surface area (Å²) in [7, 11) is 1.55. The fraction of sp³-hybridized carbons (Fsp3) is 0.100. The number of rotatable bonds is 3. The van der Waals surface area contributed by atoms with E-state index in [0.717, 1.165) is 0 Å². The minimum absolute atomic E-state index is 0.426.